The van der Waals surface area contributed by atoms with Gasteiger partial charge in [0.1, 0.15) is 6.04 Å². The number of rotatable bonds is 5. The lowest BCUT2D eigenvalue weighted by Crippen LogP contribution is -2.54. The smallest absolute Gasteiger partial charge is 0.326 e. The lowest BCUT2D eigenvalue weighted by atomic mass is 9.99. The van der Waals surface area contributed by atoms with E-state index in [4.69, 9.17) is 5.11 Å². The number of hydrogen-bond acceptors (Lipinski definition) is 2. The summed E-state index contributed by atoms with van der Waals surface area (Å²) < 4.78 is 0. The van der Waals surface area contributed by atoms with Crippen molar-refractivity contribution in [2.24, 2.45) is 5.92 Å². The van der Waals surface area contributed by atoms with Gasteiger partial charge in [0.15, 0.2) is 0 Å². The molecule has 0 aliphatic heterocycles. The zero-order chi connectivity index (χ0) is 13.8. The molecule has 104 valence electrons. The number of carbonyl (C=O) groups is 2. The SMILES string of the molecule is CCC(C)C(NC(=O)NC1(C)CCCC1)C(=O)O. The van der Waals surface area contributed by atoms with E-state index in [0.717, 1.165) is 25.7 Å². The van der Waals surface area contributed by atoms with Gasteiger partial charge in [-0.2, -0.15) is 0 Å². The molecule has 2 atom stereocenters. The highest BCUT2D eigenvalue weighted by molar-refractivity contribution is 5.83. The molecule has 0 heterocycles. The van der Waals surface area contributed by atoms with Crippen LogP contribution in [0.5, 0.6) is 0 Å². The molecule has 5 heteroatoms. The second-order valence-corrected chi connectivity index (χ2v) is 5.57. The number of aliphatic carboxylic acids is 1. The molecule has 0 radical (unpaired) electrons. The zero-order valence-electron chi connectivity index (χ0n) is 11.5. The van der Waals surface area contributed by atoms with Crippen LogP contribution in [0.1, 0.15) is 52.9 Å². The van der Waals surface area contributed by atoms with Gasteiger partial charge in [-0.1, -0.05) is 33.1 Å². The van der Waals surface area contributed by atoms with Crippen molar-refractivity contribution < 1.29 is 14.7 Å². The van der Waals surface area contributed by atoms with Crippen LogP contribution in [0.3, 0.4) is 0 Å². The molecular formula is C13H24N2O3. The second-order valence-electron chi connectivity index (χ2n) is 5.57. The first-order valence-electron chi connectivity index (χ1n) is 6.69. The van der Waals surface area contributed by atoms with E-state index in [1.54, 1.807) is 0 Å². The molecule has 1 saturated carbocycles. The van der Waals surface area contributed by atoms with E-state index in [-0.39, 0.29) is 17.5 Å². The van der Waals surface area contributed by atoms with Gasteiger partial charge in [0.25, 0.3) is 0 Å². The van der Waals surface area contributed by atoms with Gasteiger partial charge in [0.2, 0.25) is 0 Å². The molecule has 3 N–H and O–H groups in total. The van der Waals surface area contributed by atoms with Gasteiger partial charge in [0, 0.05) is 5.54 Å². The van der Waals surface area contributed by atoms with Gasteiger partial charge in [-0.15, -0.1) is 0 Å². The van der Waals surface area contributed by atoms with Crippen LogP contribution in [0.25, 0.3) is 0 Å². The molecule has 1 fully saturated rings. The molecule has 0 aromatic heterocycles. The van der Waals surface area contributed by atoms with Crippen LogP contribution < -0.4 is 10.6 Å². The number of amides is 2. The third-order valence-corrected chi connectivity index (χ3v) is 3.89. The fourth-order valence-corrected chi connectivity index (χ4v) is 2.41. The van der Waals surface area contributed by atoms with Crippen molar-refractivity contribution in [2.75, 3.05) is 0 Å². The summed E-state index contributed by atoms with van der Waals surface area (Å²) in [5.41, 5.74) is -0.178. The Bertz CT molecular complexity index is 311. The third kappa shape index (κ3) is 3.89. The number of carboxylic acids is 1. The van der Waals surface area contributed by atoms with Crippen molar-refractivity contribution in [3.05, 3.63) is 0 Å². The van der Waals surface area contributed by atoms with Crippen molar-refractivity contribution in [1.82, 2.24) is 10.6 Å². The Balaban J connectivity index is 2.53. The van der Waals surface area contributed by atoms with Crippen LogP contribution in [0.2, 0.25) is 0 Å². The molecule has 1 aliphatic rings. The van der Waals surface area contributed by atoms with Gasteiger partial charge in [0.05, 0.1) is 0 Å². The molecule has 0 aromatic rings. The van der Waals surface area contributed by atoms with E-state index < -0.39 is 12.0 Å². The number of urea groups is 1. The normalized spacial score (nSPS) is 21.1. The lowest BCUT2D eigenvalue weighted by Gasteiger charge is -2.27. The first-order valence-corrected chi connectivity index (χ1v) is 6.69. The van der Waals surface area contributed by atoms with Crippen molar-refractivity contribution >= 4 is 12.0 Å². The highest BCUT2D eigenvalue weighted by Gasteiger charge is 2.32. The lowest BCUT2D eigenvalue weighted by molar-refractivity contribution is -0.140. The van der Waals surface area contributed by atoms with E-state index in [2.05, 4.69) is 10.6 Å². The number of nitrogens with one attached hydrogen (secondary N) is 2. The molecule has 0 saturated heterocycles. The molecule has 0 aromatic carbocycles. The first-order chi connectivity index (χ1) is 8.38. The fourth-order valence-electron chi connectivity index (χ4n) is 2.41. The van der Waals surface area contributed by atoms with Crippen molar-refractivity contribution in [3.63, 3.8) is 0 Å². The van der Waals surface area contributed by atoms with E-state index in [1.807, 2.05) is 20.8 Å². The fraction of sp³-hybridized carbons (Fsp3) is 0.846. The van der Waals surface area contributed by atoms with Crippen molar-refractivity contribution in [1.29, 1.82) is 0 Å². The minimum absolute atomic E-state index is 0.0790. The van der Waals surface area contributed by atoms with Gasteiger partial charge < -0.3 is 15.7 Å². The summed E-state index contributed by atoms with van der Waals surface area (Å²) in [5.74, 6) is -1.05. The average Bonchev–Trinajstić information content (AvgIpc) is 2.71. The Morgan fingerprint density at radius 2 is 1.89 bits per heavy atom. The maximum absolute atomic E-state index is 11.9. The zero-order valence-corrected chi connectivity index (χ0v) is 11.5. The van der Waals surface area contributed by atoms with Crippen molar-refractivity contribution in [2.45, 2.75) is 64.5 Å². The topological polar surface area (TPSA) is 78.4 Å². The monoisotopic (exact) mass is 256 g/mol. The van der Waals surface area contributed by atoms with E-state index in [0.29, 0.717) is 6.42 Å². The maximum atomic E-state index is 11.9. The highest BCUT2D eigenvalue weighted by Crippen LogP contribution is 2.28. The Morgan fingerprint density at radius 1 is 1.33 bits per heavy atom. The number of carbonyl (C=O) groups excluding carboxylic acids is 1. The number of hydrogen-bond donors (Lipinski definition) is 3. The predicted octanol–water partition coefficient (Wildman–Crippen LogP) is 2.12. The Morgan fingerprint density at radius 3 is 2.33 bits per heavy atom. The minimum atomic E-state index is -0.976. The molecule has 0 spiro atoms. The second kappa shape index (κ2) is 6.07. The summed E-state index contributed by atoms with van der Waals surface area (Å²) >= 11 is 0. The average molecular weight is 256 g/mol. The van der Waals surface area contributed by atoms with Gasteiger partial charge >= 0.3 is 12.0 Å². The summed E-state index contributed by atoms with van der Waals surface area (Å²) in [5, 5.41) is 14.6. The molecule has 1 rings (SSSR count). The van der Waals surface area contributed by atoms with E-state index in [1.165, 1.54) is 0 Å². The van der Waals surface area contributed by atoms with Crippen LogP contribution in [-0.2, 0) is 4.79 Å². The summed E-state index contributed by atoms with van der Waals surface area (Å²) in [6.07, 6.45) is 4.87. The van der Waals surface area contributed by atoms with Crippen LogP contribution in [0, 0.1) is 5.92 Å². The summed E-state index contributed by atoms with van der Waals surface area (Å²) in [4.78, 5) is 23.0. The molecule has 0 bridgehead atoms. The number of carboxylic acid groups (broad SMARTS) is 1. The van der Waals surface area contributed by atoms with Gasteiger partial charge in [-0.3, -0.25) is 0 Å². The minimum Gasteiger partial charge on any atom is -0.480 e. The molecular weight excluding hydrogens is 232 g/mol. The highest BCUT2D eigenvalue weighted by atomic mass is 16.4. The Kier molecular flexibility index (Phi) is 4.99. The van der Waals surface area contributed by atoms with Crippen LogP contribution in [-0.4, -0.2) is 28.7 Å². The quantitative estimate of drug-likeness (QED) is 0.705. The molecule has 2 amide bonds. The molecule has 5 nitrogen and oxygen atoms in total. The molecule has 18 heavy (non-hydrogen) atoms. The Labute approximate surface area is 108 Å². The standard InChI is InChI=1S/C13H24N2O3/c1-4-9(2)10(11(16)17)14-12(18)15-13(3)7-5-6-8-13/h9-10H,4-8H2,1-3H3,(H,16,17)(H2,14,15,18). The van der Waals surface area contributed by atoms with Crippen LogP contribution in [0.4, 0.5) is 4.79 Å². The van der Waals surface area contributed by atoms with Crippen LogP contribution in [0.15, 0.2) is 0 Å². The first kappa shape index (κ1) is 14.8. The maximum Gasteiger partial charge on any atom is 0.326 e. The summed E-state index contributed by atoms with van der Waals surface area (Å²) in [6.45, 7) is 5.76. The van der Waals surface area contributed by atoms with Crippen molar-refractivity contribution in [3.8, 4) is 0 Å². The third-order valence-electron chi connectivity index (χ3n) is 3.89. The van der Waals surface area contributed by atoms with Gasteiger partial charge in [-0.05, 0) is 25.7 Å². The Hall–Kier alpha value is -1.26. The predicted molar refractivity (Wildman–Crippen MR) is 69.4 cm³/mol. The van der Waals surface area contributed by atoms with Gasteiger partial charge in [-0.25, -0.2) is 9.59 Å². The largest absolute Gasteiger partial charge is 0.480 e. The van der Waals surface area contributed by atoms with E-state index >= 15 is 0 Å². The van der Waals surface area contributed by atoms with Crippen LogP contribution >= 0.6 is 0 Å². The summed E-state index contributed by atoms with van der Waals surface area (Å²) in [7, 11) is 0. The van der Waals surface area contributed by atoms with E-state index in [9.17, 15) is 9.59 Å². The molecule has 1 aliphatic carbocycles. The molecule has 2 unspecified atom stereocenters. The summed E-state index contributed by atoms with van der Waals surface area (Å²) in [6, 6.07) is -1.19.